The van der Waals surface area contributed by atoms with E-state index < -0.39 is 11.7 Å². The molecule has 0 radical (unpaired) electrons. The standard InChI is InChI=1S/C17H16F3N3/c18-17(19,20)14-8-6-12(7-9-14)10-21-16-22-11-15(23-16)13-4-2-1-3-5-13/h1-9,15H,10-11H2,(H2,21,22,23)/t15-/m1/s1. The number of benzene rings is 2. The van der Waals surface area contributed by atoms with Crippen molar-refractivity contribution in [2.75, 3.05) is 6.54 Å². The predicted octanol–water partition coefficient (Wildman–Crippen LogP) is 3.50. The predicted molar refractivity (Wildman–Crippen MR) is 82.9 cm³/mol. The molecule has 3 rings (SSSR count). The fourth-order valence-corrected chi connectivity index (χ4v) is 2.42. The van der Waals surface area contributed by atoms with E-state index in [9.17, 15) is 13.2 Å². The Kier molecular flexibility index (Phi) is 4.23. The Bertz CT molecular complexity index is 678. The molecule has 0 fully saturated rings. The molecule has 120 valence electrons. The Hall–Kier alpha value is -2.50. The molecule has 0 spiro atoms. The first-order valence-corrected chi connectivity index (χ1v) is 7.28. The minimum absolute atomic E-state index is 0.131. The van der Waals surface area contributed by atoms with Crippen molar-refractivity contribution in [3.8, 4) is 0 Å². The van der Waals surface area contributed by atoms with Crippen molar-refractivity contribution < 1.29 is 13.2 Å². The zero-order chi connectivity index (χ0) is 16.3. The fraction of sp³-hybridized carbons (Fsp3) is 0.235. The molecule has 2 aromatic carbocycles. The van der Waals surface area contributed by atoms with Gasteiger partial charge in [-0.05, 0) is 23.3 Å². The Morgan fingerprint density at radius 1 is 1.04 bits per heavy atom. The number of aliphatic imine (C=N–C) groups is 1. The van der Waals surface area contributed by atoms with E-state index in [4.69, 9.17) is 0 Å². The van der Waals surface area contributed by atoms with Crippen LogP contribution < -0.4 is 10.6 Å². The number of nitrogens with one attached hydrogen (secondary N) is 2. The second-order valence-electron chi connectivity index (χ2n) is 5.35. The smallest absolute Gasteiger partial charge is 0.352 e. The molecular weight excluding hydrogens is 303 g/mol. The largest absolute Gasteiger partial charge is 0.416 e. The summed E-state index contributed by atoms with van der Waals surface area (Å²) in [6.45, 7) is 1.06. The van der Waals surface area contributed by atoms with Crippen LogP contribution in [0.4, 0.5) is 13.2 Å². The molecule has 0 aliphatic carbocycles. The van der Waals surface area contributed by atoms with E-state index in [0.717, 1.165) is 23.3 Å². The number of rotatable bonds is 3. The van der Waals surface area contributed by atoms with E-state index in [0.29, 0.717) is 19.0 Å². The topological polar surface area (TPSA) is 36.4 Å². The molecule has 1 aliphatic rings. The molecule has 0 unspecified atom stereocenters. The molecule has 1 heterocycles. The van der Waals surface area contributed by atoms with E-state index in [1.54, 1.807) is 0 Å². The van der Waals surface area contributed by atoms with E-state index in [1.165, 1.54) is 12.1 Å². The van der Waals surface area contributed by atoms with Crippen LogP contribution in [0.25, 0.3) is 0 Å². The minimum atomic E-state index is -4.30. The number of hydrogen-bond donors (Lipinski definition) is 2. The second-order valence-corrected chi connectivity index (χ2v) is 5.35. The normalized spacial score (nSPS) is 17.5. The number of alkyl halides is 3. The van der Waals surface area contributed by atoms with Crippen LogP contribution in [0.15, 0.2) is 59.6 Å². The van der Waals surface area contributed by atoms with Gasteiger partial charge in [0.2, 0.25) is 0 Å². The maximum atomic E-state index is 12.5. The summed E-state index contributed by atoms with van der Waals surface area (Å²) in [4.78, 5) is 4.38. The van der Waals surface area contributed by atoms with Crippen molar-refractivity contribution in [2.45, 2.75) is 18.8 Å². The van der Waals surface area contributed by atoms with Gasteiger partial charge < -0.3 is 10.6 Å². The van der Waals surface area contributed by atoms with Gasteiger partial charge in [-0.1, -0.05) is 42.5 Å². The Labute approximate surface area is 132 Å². The van der Waals surface area contributed by atoms with Gasteiger partial charge in [-0.15, -0.1) is 0 Å². The third kappa shape index (κ3) is 3.83. The van der Waals surface area contributed by atoms with Crippen molar-refractivity contribution >= 4 is 5.96 Å². The lowest BCUT2D eigenvalue weighted by molar-refractivity contribution is -0.137. The van der Waals surface area contributed by atoms with Gasteiger partial charge in [-0.25, -0.2) is 0 Å². The molecule has 0 aromatic heterocycles. The Morgan fingerprint density at radius 2 is 1.74 bits per heavy atom. The SMILES string of the molecule is FC(F)(F)c1ccc(CNC2=NC[C@H](c3ccccc3)N2)cc1. The first kappa shape index (κ1) is 15.4. The van der Waals surface area contributed by atoms with Gasteiger partial charge in [0.1, 0.15) is 0 Å². The summed E-state index contributed by atoms with van der Waals surface area (Å²) < 4.78 is 37.5. The first-order valence-electron chi connectivity index (χ1n) is 7.28. The zero-order valence-electron chi connectivity index (χ0n) is 12.3. The minimum Gasteiger partial charge on any atom is -0.352 e. The van der Waals surface area contributed by atoms with Crippen LogP contribution in [0.3, 0.4) is 0 Å². The number of guanidine groups is 1. The van der Waals surface area contributed by atoms with Gasteiger partial charge in [0.25, 0.3) is 0 Å². The van der Waals surface area contributed by atoms with Gasteiger partial charge in [-0.2, -0.15) is 13.2 Å². The molecule has 3 nitrogen and oxygen atoms in total. The molecule has 6 heteroatoms. The Balaban J connectivity index is 1.53. The summed E-state index contributed by atoms with van der Waals surface area (Å²) >= 11 is 0. The zero-order valence-corrected chi connectivity index (χ0v) is 12.3. The highest BCUT2D eigenvalue weighted by Crippen LogP contribution is 2.29. The fourth-order valence-electron chi connectivity index (χ4n) is 2.42. The van der Waals surface area contributed by atoms with Crippen molar-refractivity contribution in [3.63, 3.8) is 0 Å². The highest BCUT2D eigenvalue weighted by molar-refractivity contribution is 5.82. The van der Waals surface area contributed by atoms with Crippen LogP contribution in [0.1, 0.15) is 22.7 Å². The lowest BCUT2D eigenvalue weighted by Crippen LogP contribution is -2.34. The van der Waals surface area contributed by atoms with E-state index in [-0.39, 0.29) is 6.04 Å². The lowest BCUT2D eigenvalue weighted by atomic mass is 10.1. The van der Waals surface area contributed by atoms with Crippen LogP contribution in [0.5, 0.6) is 0 Å². The molecule has 0 saturated carbocycles. The van der Waals surface area contributed by atoms with Gasteiger partial charge in [0.05, 0.1) is 18.2 Å². The number of nitrogens with zero attached hydrogens (tertiary/aromatic N) is 1. The molecular formula is C17H16F3N3. The number of halogens is 3. The average Bonchev–Trinajstić information content (AvgIpc) is 3.02. The van der Waals surface area contributed by atoms with Crippen LogP contribution in [0, 0.1) is 0 Å². The number of hydrogen-bond acceptors (Lipinski definition) is 3. The third-order valence-corrected chi connectivity index (χ3v) is 3.69. The van der Waals surface area contributed by atoms with E-state index in [1.807, 2.05) is 30.3 Å². The summed E-state index contributed by atoms with van der Waals surface area (Å²) in [5, 5.41) is 6.39. The van der Waals surface area contributed by atoms with Crippen LogP contribution >= 0.6 is 0 Å². The molecule has 0 amide bonds. The highest BCUT2D eigenvalue weighted by atomic mass is 19.4. The van der Waals surface area contributed by atoms with Gasteiger partial charge in [-0.3, -0.25) is 4.99 Å². The van der Waals surface area contributed by atoms with Crippen molar-refractivity contribution in [1.29, 1.82) is 0 Å². The molecule has 2 N–H and O–H groups in total. The van der Waals surface area contributed by atoms with Crippen LogP contribution in [-0.4, -0.2) is 12.5 Å². The van der Waals surface area contributed by atoms with E-state index >= 15 is 0 Å². The first-order chi connectivity index (χ1) is 11.0. The monoisotopic (exact) mass is 319 g/mol. The molecule has 0 bridgehead atoms. The van der Waals surface area contributed by atoms with E-state index in [2.05, 4.69) is 15.6 Å². The maximum absolute atomic E-state index is 12.5. The lowest BCUT2D eigenvalue weighted by Gasteiger charge is -2.13. The molecule has 1 aliphatic heterocycles. The van der Waals surface area contributed by atoms with Gasteiger partial charge >= 0.3 is 6.18 Å². The maximum Gasteiger partial charge on any atom is 0.416 e. The van der Waals surface area contributed by atoms with Crippen molar-refractivity contribution in [3.05, 3.63) is 71.3 Å². The van der Waals surface area contributed by atoms with Crippen LogP contribution in [0.2, 0.25) is 0 Å². The molecule has 0 saturated heterocycles. The van der Waals surface area contributed by atoms with Gasteiger partial charge in [0, 0.05) is 6.54 Å². The average molecular weight is 319 g/mol. The summed E-state index contributed by atoms with van der Waals surface area (Å²) in [6, 6.07) is 15.2. The third-order valence-electron chi connectivity index (χ3n) is 3.69. The van der Waals surface area contributed by atoms with Crippen LogP contribution in [-0.2, 0) is 12.7 Å². The Morgan fingerprint density at radius 3 is 2.39 bits per heavy atom. The summed E-state index contributed by atoms with van der Waals surface area (Å²) in [7, 11) is 0. The molecule has 2 aromatic rings. The van der Waals surface area contributed by atoms with Crippen molar-refractivity contribution in [1.82, 2.24) is 10.6 Å². The quantitative estimate of drug-likeness (QED) is 0.908. The summed E-state index contributed by atoms with van der Waals surface area (Å²) in [6.07, 6.45) is -4.30. The molecule has 1 atom stereocenters. The summed E-state index contributed by atoms with van der Waals surface area (Å²) in [5.41, 5.74) is 1.29. The van der Waals surface area contributed by atoms with Crippen molar-refractivity contribution in [2.24, 2.45) is 4.99 Å². The second kappa shape index (κ2) is 6.32. The highest BCUT2D eigenvalue weighted by Gasteiger charge is 2.29. The molecule has 23 heavy (non-hydrogen) atoms. The van der Waals surface area contributed by atoms with Gasteiger partial charge in [0.15, 0.2) is 5.96 Å². The summed E-state index contributed by atoms with van der Waals surface area (Å²) in [5.74, 6) is 0.666.